The van der Waals surface area contributed by atoms with Crippen LogP contribution >= 0.6 is 0 Å². The van der Waals surface area contributed by atoms with Crippen LogP contribution in [0.4, 0.5) is 5.69 Å². The third-order valence-electron chi connectivity index (χ3n) is 2.81. The van der Waals surface area contributed by atoms with Gasteiger partial charge in [-0.3, -0.25) is 14.5 Å². The molecule has 1 heterocycles. The van der Waals surface area contributed by atoms with E-state index in [4.69, 9.17) is 14.7 Å². The van der Waals surface area contributed by atoms with E-state index in [9.17, 15) is 9.59 Å². The first-order valence-corrected chi connectivity index (χ1v) is 6.23. The molecule has 1 atom stereocenters. The van der Waals surface area contributed by atoms with Crippen molar-refractivity contribution in [3.05, 3.63) is 24.3 Å². The summed E-state index contributed by atoms with van der Waals surface area (Å²) < 4.78 is 10.3. The summed E-state index contributed by atoms with van der Waals surface area (Å²) in [6, 6.07) is 8.81. The van der Waals surface area contributed by atoms with Crippen LogP contribution in [0.25, 0.3) is 0 Å². The second-order valence-electron chi connectivity index (χ2n) is 4.31. The fourth-order valence-electron chi connectivity index (χ4n) is 1.88. The number of hydrogen-bond donors (Lipinski definition) is 0. The Balaban J connectivity index is 2.19. The number of para-hydroxylation sites is 2. The van der Waals surface area contributed by atoms with Gasteiger partial charge in [-0.05, 0) is 19.1 Å². The van der Waals surface area contributed by atoms with Gasteiger partial charge >= 0.3 is 5.97 Å². The third kappa shape index (κ3) is 3.06. The lowest BCUT2D eigenvalue weighted by atomic mass is 10.2. The Labute approximate surface area is 116 Å². The van der Waals surface area contributed by atoms with Crippen LogP contribution in [0.1, 0.15) is 13.3 Å². The predicted molar refractivity (Wildman–Crippen MR) is 70.1 cm³/mol. The van der Waals surface area contributed by atoms with Crippen molar-refractivity contribution in [1.82, 2.24) is 0 Å². The van der Waals surface area contributed by atoms with Crippen molar-refractivity contribution in [2.45, 2.75) is 19.4 Å². The number of ether oxygens (including phenoxy) is 2. The summed E-state index contributed by atoms with van der Waals surface area (Å²) in [4.78, 5) is 25.1. The molecule has 0 aliphatic carbocycles. The Morgan fingerprint density at radius 2 is 2.30 bits per heavy atom. The predicted octanol–water partition coefficient (Wildman–Crippen LogP) is 1.26. The summed E-state index contributed by atoms with van der Waals surface area (Å²) >= 11 is 0. The van der Waals surface area contributed by atoms with Gasteiger partial charge in [-0.25, -0.2) is 0 Å². The monoisotopic (exact) mass is 274 g/mol. The van der Waals surface area contributed by atoms with Gasteiger partial charge in [-0.2, -0.15) is 5.26 Å². The zero-order valence-corrected chi connectivity index (χ0v) is 11.0. The number of nitrogens with zero attached hydrogens (tertiary/aromatic N) is 2. The summed E-state index contributed by atoms with van der Waals surface area (Å²) in [5.74, 6) is -0.278. The Morgan fingerprint density at radius 3 is 3.05 bits per heavy atom. The van der Waals surface area contributed by atoms with Crippen LogP contribution in [0.3, 0.4) is 0 Å². The molecule has 0 spiro atoms. The fourth-order valence-corrected chi connectivity index (χ4v) is 1.88. The highest BCUT2D eigenvalue weighted by Crippen LogP contribution is 2.30. The molecule has 6 nitrogen and oxygen atoms in total. The molecule has 0 saturated carbocycles. The van der Waals surface area contributed by atoms with E-state index in [2.05, 4.69) is 0 Å². The largest absolute Gasteiger partial charge is 0.491 e. The number of hydrogen-bond acceptors (Lipinski definition) is 5. The van der Waals surface area contributed by atoms with E-state index in [0.717, 1.165) is 0 Å². The van der Waals surface area contributed by atoms with Gasteiger partial charge in [-0.15, -0.1) is 0 Å². The van der Waals surface area contributed by atoms with Crippen molar-refractivity contribution in [2.24, 2.45) is 0 Å². The zero-order valence-electron chi connectivity index (χ0n) is 11.0. The van der Waals surface area contributed by atoms with Gasteiger partial charge in [-0.1, -0.05) is 12.1 Å². The maximum atomic E-state index is 12.0. The Bertz CT molecular complexity index is 565. The lowest BCUT2D eigenvalue weighted by molar-refractivity contribution is -0.145. The first-order valence-electron chi connectivity index (χ1n) is 6.23. The highest BCUT2D eigenvalue weighted by Gasteiger charge is 2.26. The van der Waals surface area contributed by atoms with E-state index in [-0.39, 0.29) is 25.5 Å². The maximum absolute atomic E-state index is 12.0. The summed E-state index contributed by atoms with van der Waals surface area (Å²) in [5, 5.41) is 8.62. The van der Waals surface area contributed by atoms with Crippen molar-refractivity contribution in [2.75, 3.05) is 18.1 Å². The average molecular weight is 274 g/mol. The number of fused-ring (bicyclic) bond motifs is 1. The Hall–Kier alpha value is -2.55. The summed E-state index contributed by atoms with van der Waals surface area (Å²) in [7, 11) is 0. The topological polar surface area (TPSA) is 79.6 Å². The number of rotatable bonds is 3. The van der Waals surface area contributed by atoms with Crippen LogP contribution in [-0.2, 0) is 14.3 Å². The van der Waals surface area contributed by atoms with Gasteiger partial charge in [0.15, 0.2) is 6.10 Å². The van der Waals surface area contributed by atoms with Crippen LogP contribution < -0.4 is 9.64 Å². The van der Waals surface area contributed by atoms with Crippen molar-refractivity contribution in [1.29, 1.82) is 5.26 Å². The number of carbonyl (C=O) groups excluding carboxylic acids is 2. The van der Waals surface area contributed by atoms with Gasteiger partial charge < -0.3 is 9.47 Å². The molecular formula is C14H14N2O4. The summed E-state index contributed by atoms with van der Waals surface area (Å²) in [5.41, 5.74) is 0.538. The quantitative estimate of drug-likeness (QED) is 0.775. The highest BCUT2D eigenvalue weighted by atomic mass is 16.5. The number of benzene rings is 1. The maximum Gasteiger partial charge on any atom is 0.327 e. The molecule has 0 bridgehead atoms. The van der Waals surface area contributed by atoms with Gasteiger partial charge in [0.25, 0.3) is 0 Å². The van der Waals surface area contributed by atoms with Gasteiger partial charge in [0.2, 0.25) is 5.91 Å². The molecule has 104 valence electrons. The second kappa shape index (κ2) is 6.06. The standard InChI is InChI=1S/C14H14N2O4/c1-10(8-15)20-14(18)9-16-11-4-2-3-5-12(11)19-7-6-13(16)17/h2-5,10H,6-7,9H2,1H3/t10-/m0/s1. The van der Waals surface area contributed by atoms with Gasteiger partial charge in [0, 0.05) is 0 Å². The SMILES string of the molecule is C[C@@H](C#N)OC(=O)CN1C(=O)CCOc2ccccc21. The van der Waals surface area contributed by atoms with Crippen LogP contribution in [0, 0.1) is 11.3 Å². The van der Waals surface area contributed by atoms with E-state index in [1.807, 2.05) is 0 Å². The second-order valence-corrected chi connectivity index (χ2v) is 4.31. The molecule has 6 heteroatoms. The van der Waals surface area contributed by atoms with Crippen molar-refractivity contribution in [3.8, 4) is 11.8 Å². The molecule has 0 aromatic heterocycles. The molecular weight excluding hydrogens is 260 g/mol. The normalized spacial score (nSPS) is 15.4. The Morgan fingerprint density at radius 1 is 1.55 bits per heavy atom. The number of carbonyl (C=O) groups is 2. The summed E-state index contributed by atoms with van der Waals surface area (Å²) in [6.45, 7) is 1.51. The number of esters is 1. The molecule has 1 aromatic carbocycles. The van der Waals surface area contributed by atoms with Crippen molar-refractivity contribution < 1.29 is 19.1 Å². The number of anilines is 1. The fraction of sp³-hybridized carbons (Fsp3) is 0.357. The molecule has 0 N–H and O–H groups in total. The van der Waals surface area contributed by atoms with E-state index in [1.165, 1.54) is 11.8 Å². The smallest absolute Gasteiger partial charge is 0.327 e. The molecule has 1 aliphatic heterocycles. The van der Waals surface area contributed by atoms with Crippen LogP contribution in [-0.4, -0.2) is 31.1 Å². The molecule has 1 aromatic rings. The minimum absolute atomic E-state index is 0.190. The van der Waals surface area contributed by atoms with Crippen molar-refractivity contribution in [3.63, 3.8) is 0 Å². The third-order valence-corrected chi connectivity index (χ3v) is 2.81. The molecule has 2 rings (SSSR count). The zero-order chi connectivity index (χ0) is 14.5. The van der Waals surface area contributed by atoms with Gasteiger partial charge in [0.05, 0.1) is 18.7 Å². The minimum atomic E-state index is -0.837. The minimum Gasteiger partial charge on any atom is -0.491 e. The lowest BCUT2D eigenvalue weighted by Crippen LogP contribution is -2.36. The first kappa shape index (κ1) is 13.9. The van der Waals surface area contributed by atoms with Gasteiger partial charge in [0.1, 0.15) is 18.4 Å². The average Bonchev–Trinajstić information content (AvgIpc) is 2.59. The lowest BCUT2D eigenvalue weighted by Gasteiger charge is -2.21. The highest BCUT2D eigenvalue weighted by molar-refractivity contribution is 5.99. The Kier molecular flexibility index (Phi) is 4.20. The molecule has 0 radical (unpaired) electrons. The van der Waals surface area contributed by atoms with E-state index < -0.39 is 12.1 Å². The van der Waals surface area contributed by atoms with Crippen LogP contribution in [0.15, 0.2) is 24.3 Å². The molecule has 0 saturated heterocycles. The van der Waals surface area contributed by atoms with E-state index in [0.29, 0.717) is 11.4 Å². The van der Waals surface area contributed by atoms with Crippen LogP contribution in [0.2, 0.25) is 0 Å². The molecule has 1 aliphatic rings. The van der Waals surface area contributed by atoms with Crippen molar-refractivity contribution >= 4 is 17.6 Å². The molecule has 0 fully saturated rings. The van der Waals surface area contributed by atoms with Crippen LogP contribution in [0.5, 0.6) is 5.75 Å². The number of nitriles is 1. The summed E-state index contributed by atoms with van der Waals surface area (Å²) in [6.07, 6.45) is -0.647. The molecule has 0 unspecified atom stereocenters. The number of amides is 1. The molecule has 1 amide bonds. The first-order chi connectivity index (χ1) is 9.61. The molecule has 20 heavy (non-hydrogen) atoms. The van der Waals surface area contributed by atoms with E-state index >= 15 is 0 Å². The van der Waals surface area contributed by atoms with E-state index in [1.54, 1.807) is 30.3 Å².